The lowest BCUT2D eigenvalue weighted by Gasteiger charge is -2.03. The van der Waals surface area contributed by atoms with Crippen LogP contribution in [0.2, 0.25) is 0 Å². The Labute approximate surface area is 134 Å². The van der Waals surface area contributed by atoms with Crippen LogP contribution in [0, 0.1) is 6.92 Å². The number of benzene rings is 1. The van der Waals surface area contributed by atoms with E-state index in [9.17, 15) is 9.59 Å². The van der Waals surface area contributed by atoms with E-state index in [0.717, 1.165) is 5.56 Å². The highest BCUT2D eigenvalue weighted by atomic mass is 16.5. The maximum absolute atomic E-state index is 12.8. The fourth-order valence-electron chi connectivity index (χ4n) is 2.55. The zero-order valence-corrected chi connectivity index (χ0v) is 13.1. The Balaban J connectivity index is 2.12. The second kappa shape index (κ2) is 6.08. The highest BCUT2D eigenvalue weighted by Gasteiger charge is 2.20. The number of ketones is 1. The van der Waals surface area contributed by atoms with Crippen molar-refractivity contribution in [2.75, 3.05) is 6.61 Å². The Hall–Kier alpha value is -2.88. The molecule has 0 unspecified atom stereocenters. The van der Waals surface area contributed by atoms with Crippen molar-refractivity contribution in [2.45, 2.75) is 13.8 Å². The van der Waals surface area contributed by atoms with Crippen LogP contribution in [0.3, 0.4) is 0 Å². The maximum atomic E-state index is 12.8. The number of carbonyl (C=O) groups is 2. The summed E-state index contributed by atoms with van der Waals surface area (Å²) in [6.45, 7) is 4.03. The molecule has 0 amide bonds. The molecule has 4 nitrogen and oxygen atoms in total. The molecule has 116 valence electrons. The van der Waals surface area contributed by atoms with E-state index < -0.39 is 5.97 Å². The molecule has 0 aliphatic carbocycles. The molecule has 3 aromatic rings. The summed E-state index contributed by atoms with van der Waals surface area (Å²) in [7, 11) is 0. The molecule has 0 radical (unpaired) electrons. The molecule has 0 fully saturated rings. The van der Waals surface area contributed by atoms with Gasteiger partial charge >= 0.3 is 5.97 Å². The monoisotopic (exact) mass is 307 g/mol. The van der Waals surface area contributed by atoms with E-state index in [2.05, 4.69) is 0 Å². The van der Waals surface area contributed by atoms with Crippen LogP contribution in [0.15, 0.2) is 54.7 Å². The quantitative estimate of drug-likeness (QED) is 0.546. The standard InChI is InChI=1S/C19H17NO3/c1-3-23-19(22)15-12-17(20-11-5-4-6-16(15)20)18(21)14-9-7-13(2)8-10-14/h4-12H,3H2,1-2H3. The third-order valence-corrected chi connectivity index (χ3v) is 3.72. The molecule has 4 heteroatoms. The van der Waals surface area contributed by atoms with Gasteiger partial charge in [-0.3, -0.25) is 4.79 Å². The predicted molar refractivity (Wildman–Crippen MR) is 88.0 cm³/mol. The van der Waals surface area contributed by atoms with Crippen LogP contribution in [0.25, 0.3) is 5.52 Å². The van der Waals surface area contributed by atoms with Gasteiger partial charge in [0.15, 0.2) is 0 Å². The molecule has 0 aliphatic rings. The van der Waals surface area contributed by atoms with E-state index >= 15 is 0 Å². The van der Waals surface area contributed by atoms with Gasteiger partial charge in [-0.2, -0.15) is 0 Å². The third kappa shape index (κ3) is 2.75. The first-order valence-electron chi connectivity index (χ1n) is 7.50. The molecule has 2 aromatic heterocycles. The van der Waals surface area contributed by atoms with Gasteiger partial charge in [-0.25, -0.2) is 4.79 Å². The molecule has 23 heavy (non-hydrogen) atoms. The number of ether oxygens (including phenoxy) is 1. The van der Waals surface area contributed by atoms with Crippen LogP contribution in [0.5, 0.6) is 0 Å². The zero-order valence-electron chi connectivity index (χ0n) is 13.1. The molecule has 0 saturated heterocycles. The van der Waals surface area contributed by atoms with E-state index in [4.69, 9.17) is 4.74 Å². The number of rotatable bonds is 4. The van der Waals surface area contributed by atoms with E-state index in [1.807, 2.05) is 31.2 Å². The van der Waals surface area contributed by atoms with E-state index in [1.165, 1.54) is 0 Å². The molecule has 0 N–H and O–H groups in total. The maximum Gasteiger partial charge on any atom is 0.340 e. The van der Waals surface area contributed by atoms with Gasteiger partial charge in [0.2, 0.25) is 5.78 Å². The van der Waals surface area contributed by atoms with Gasteiger partial charge in [0.1, 0.15) is 0 Å². The molecular weight excluding hydrogens is 290 g/mol. The highest BCUT2D eigenvalue weighted by molar-refractivity contribution is 6.11. The predicted octanol–water partition coefficient (Wildman–Crippen LogP) is 3.66. The van der Waals surface area contributed by atoms with Gasteiger partial charge in [-0.15, -0.1) is 0 Å². The van der Waals surface area contributed by atoms with Crippen molar-refractivity contribution < 1.29 is 14.3 Å². The van der Waals surface area contributed by atoms with Crippen molar-refractivity contribution in [2.24, 2.45) is 0 Å². The Bertz CT molecular complexity index is 875. The second-order valence-electron chi connectivity index (χ2n) is 5.31. The number of esters is 1. The zero-order chi connectivity index (χ0) is 16.4. The van der Waals surface area contributed by atoms with Crippen LogP contribution in [-0.4, -0.2) is 22.8 Å². The Morgan fingerprint density at radius 1 is 1.09 bits per heavy atom. The van der Waals surface area contributed by atoms with Gasteiger partial charge in [0.25, 0.3) is 0 Å². The van der Waals surface area contributed by atoms with Gasteiger partial charge in [0, 0.05) is 11.8 Å². The smallest absolute Gasteiger partial charge is 0.340 e. The van der Waals surface area contributed by atoms with Crippen LogP contribution in [0.4, 0.5) is 0 Å². The first-order valence-corrected chi connectivity index (χ1v) is 7.50. The summed E-state index contributed by atoms with van der Waals surface area (Å²) in [5.41, 5.74) is 3.21. The fraction of sp³-hybridized carbons (Fsp3) is 0.158. The van der Waals surface area contributed by atoms with Gasteiger partial charge < -0.3 is 9.14 Å². The number of aryl methyl sites for hydroxylation is 1. The molecule has 0 spiro atoms. The Kier molecular flexibility index (Phi) is 3.98. The van der Waals surface area contributed by atoms with Crippen LogP contribution in [0.1, 0.15) is 38.9 Å². The lowest BCUT2D eigenvalue weighted by atomic mass is 10.1. The van der Waals surface area contributed by atoms with E-state index in [1.54, 1.807) is 41.8 Å². The number of pyridine rings is 1. The molecule has 0 aliphatic heterocycles. The van der Waals surface area contributed by atoms with Gasteiger partial charge in [-0.05, 0) is 32.0 Å². The third-order valence-electron chi connectivity index (χ3n) is 3.72. The van der Waals surface area contributed by atoms with Crippen molar-refractivity contribution in [3.05, 3.63) is 77.1 Å². The first kappa shape index (κ1) is 15.0. The molecule has 1 aromatic carbocycles. The van der Waals surface area contributed by atoms with E-state index in [-0.39, 0.29) is 5.78 Å². The summed E-state index contributed by atoms with van der Waals surface area (Å²) in [6, 6.07) is 14.5. The largest absolute Gasteiger partial charge is 0.462 e. The summed E-state index contributed by atoms with van der Waals surface area (Å²) in [5.74, 6) is -0.541. The molecule has 0 bridgehead atoms. The second-order valence-corrected chi connectivity index (χ2v) is 5.31. The number of hydrogen-bond donors (Lipinski definition) is 0. The summed E-state index contributed by atoms with van der Waals surface area (Å²) in [4.78, 5) is 24.9. The lowest BCUT2D eigenvalue weighted by molar-refractivity contribution is 0.0529. The van der Waals surface area contributed by atoms with Crippen LogP contribution in [-0.2, 0) is 4.74 Å². The van der Waals surface area contributed by atoms with Crippen molar-refractivity contribution in [1.82, 2.24) is 4.40 Å². The number of aromatic nitrogens is 1. The molecule has 3 rings (SSSR count). The molecule has 0 saturated carbocycles. The summed E-state index contributed by atoms with van der Waals surface area (Å²) in [6.07, 6.45) is 1.78. The topological polar surface area (TPSA) is 47.8 Å². The van der Waals surface area contributed by atoms with Crippen molar-refractivity contribution in [1.29, 1.82) is 0 Å². The van der Waals surface area contributed by atoms with Crippen molar-refractivity contribution >= 4 is 17.3 Å². The fourth-order valence-corrected chi connectivity index (χ4v) is 2.55. The minimum Gasteiger partial charge on any atom is -0.462 e. The van der Waals surface area contributed by atoms with E-state index in [0.29, 0.717) is 28.9 Å². The Morgan fingerprint density at radius 2 is 1.83 bits per heavy atom. The van der Waals surface area contributed by atoms with Crippen LogP contribution < -0.4 is 0 Å². The number of nitrogens with zero attached hydrogens (tertiary/aromatic N) is 1. The van der Waals surface area contributed by atoms with Crippen molar-refractivity contribution in [3.8, 4) is 0 Å². The summed E-state index contributed by atoms with van der Waals surface area (Å²) < 4.78 is 6.82. The number of carbonyl (C=O) groups excluding carboxylic acids is 2. The molecule has 2 heterocycles. The average Bonchev–Trinajstić information content (AvgIpc) is 2.95. The van der Waals surface area contributed by atoms with Gasteiger partial charge in [-0.1, -0.05) is 35.9 Å². The number of fused-ring (bicyclic) bond motifs is 1. The number of hydrogen-bond acceptors (Lipinski definition) is 3. The molecular formula is C19H17NO3. The Morgan fingerprint density at radius 3 is 2.52 bits per heavy atom. The minimum atomic E-state index is -0.417. The first-order chi connectivity index (χ1) is 11.1. The SMILES string of the molecule is CCOC(=O)c1cc(C(=O)c2ccc(C)cc2)n2ccccc12. The summed E-state index contributed by atoms with van der Waals surface area (Å²) >= 11 is 0. The van der Waals surface area contributed by atoms with Crippen LogP contribution >= 0.6 is 0 Å². The lowest BCUT2D eigenvalue weighted by Crippen LogP contribution is -2.04. The van der Waals surface area contributed by atoms with Crippen molar-refractivity contribution in [3.63, 3.8) is 0 Å². The average molecular weight is 307 g/mol. The molecule has 0 atom stereocenters. The normalized spacial score (nSPS) is 10.7. The summed E-state index contributed by atoms with van der Waals surface area (Å²) in [5, 5.41) is 0. The minimum absolute atomic E-state index is 0.123. The van der Waals surface area contributed by atoms with Gasteiger partial charge in [0.05, 0.1) is 23.4 Å². The highest BCUT2D eigenvalue weighted by Crippen LogP contribution is 2.21.